The number of carbonyl (C=O) groups excluding carboxylic acids is 1. The topological polar surface area (TPSA) is 99.3 Å². The van der Waals surface area contributed by atoms with Crippen molar-refractivity contribution in [1.29, 1.82) is 0 Å². The molecule has 0 bridgehead atoms. The normalized spacial score (nSPS) is 18.2. The van der Waals surface area contributed by atoms with Crippen molar-refractivity contribution in [2.24, 2.45) is 5.73 Å². The molecule has 1 saturated heterocycles. The molecular formula is C27H29N5O3. The number of oxazole rings is 1. The fourth-order valence-electron chi connectivity index (χ4n) is 5.38. The van der Waals surface area contributed by atoms with Gasteiger partial charge in [0.15, 0.2) is 5.58 Å². The second-order valence-corrected chi connectivity index (χ2v) is 9.85. The van der Waals surface area contributed by atoms with Gasteiger partial charge in [0.05, 0.1) is 29.7 Å². The van der Waals surface area contributed by atoms with Gasteiger partial charge >= 0.3 is 5.76 Å². The highest BCUT2D eigenvalue weighted by Gasteiger charge is 2.50. The number of rotatable bonds is 8. The van der Waals surface area contributed by atoms with Crippen LogP contribution in [-0.4, -0.2) is 44.8 Å². The molecule has 0 spiro atoms. The maximum absolute atomic E-state index is 13.2. The first-order chi connectivity index (χ1) is 17.0. The van der Waals surface area contributed by atoms with Gasteiger partial charge in [-0.1, -0.05) is 36.4 Å². The number of hydrogen-bond donors (Lipinski definition) is 1. The lowest BCUT2D eigenvalue weighted by Gasteiger charge is -2.23. The average molecular weight is 472 g/mol. The van der Waals surface area contributed by atoms with Gasteiger partial charge in [0, 0.05) is 18.3 Å². The van der Waals surface area contributed by atoms with Crippen LogP contribution < -0.4 is 11.5 Å². The Bertz CT molecular complexity index is 1420. The van der Waals surface area contributed by atoms with Gasteiger partial charge in [-0.3, -0.25) is 14.0 Å². The monoisotopic (exact) mass is 471 g/mol. The van der Waals surface area contributed by atoms with Crippen LogP contribution in [0.3, 0.4) is 0 Å². The highest BCUT2D eigenvalue weighted by Crippen LogP contribution is 2.48. The molecule has 2 fully saturated rings. The van der Waals surface area contributed by atoms with Crippen molar-refractivity contribution in [3.05, 3.63) is 88.2 Å². The maximum atomic E-state index is 13.2. The van der Waals surface area contributed by atoms with Gasteiger partial charge in [0.25, 0.3) is 0 Å². The molecule has 2 aromatic carbocycles. The van der Waals surface area contributed by atoms with Gasteiger partial charge in [-0.05, 0) is 62.0 Å². The third kappa shape index (κ3) is 3.97. The molecule has 3 heterocycles. The molecule has 2 aliphatic rings. The van der Waals surface area contributed by atoms with Gasteiger partial charge in [-0.15, -0.1) is 0 Å². The van der Waals surface area contributed by atoms with Gasteiger partial charge in [0.2, 0.25) is 5.91 Å². The molecule has 1 amide bonds. The molecule has 35 heavy (non-hydrogen) atoms. The summed E-state index contributed by atoms with van der Waals surface area (Å²) in [5.74, 6) is -0.717. The first kappa shape index (κ1) is 21.9. The molecule has 2 N–H and O–H groups in total. The van der Waals surface area contributed by atoms with Crippen LogP contribution >= 0.6 is 0 Å². The summed E-state index contributed by atoms with van der Waals surface area (Å²) >= 11 is 0. The van der Waals surface area contributed by atoms with E-state index in [0.717, 1.165) is 55.5 Å². The van der Waals surface area contributed by atoms with Crippen LogP contribution in [0, 0.1) is 0 Å². The van der Waals surface area contributed by atoms with E-state index in [0.29, 0.717) is 24.2 Å². The van der Waals surface area contributed by atoms with Crippen molar-refractivity contribution in [2.45, 2.75) is 43.7 Å². The second-order valence-electron chi connectivity index (χ2n) is 9.85. The summed E-state index contributed by atoms with van der Waals surface area (Å²) < 4.78 is 9.31. The van der Waals surface area contributed by atoms with Crippen molar-refractivity contribution in [1.82, 2.24) is 19.2 Å². The number of hydrogen-bond acceptors (Lipinski definition) is 5. The molecule has 2 aromatic heterocycles. The summed E-state index contributed by atoms with van der Waals surface area (Å²) in [6.45, 7) is 3.37. The predicted molar refractivity (Wildman–Crippen MR) is 132 cm³/mol. The Labute approximate surface area is 202 Å². The summed E-state index contributed by atoms with van der Waals surface area (Å²) in [5, 5.41) is 4.61. The van der Waals surface area contributed by atoms with Crippen LogP contribution in [0.1, 0.15) is 48.4 Å². The van der Waals surface area contributed by atoms with E-state index in [1.807, 2.05) is 47.4 Å². The Hall–Kier alpha value is -3.65. The standard InChI is InChI=1S/C27H29N5O3/c28-25(33)27(10-11-27)21-8-9-24-22(14-21)32(26(34)35-24)23(18-30-12-4-5-13-30)20-15-29-31(17-20)16-19-6-2-1-3-7-19/h1-3,6-9,14-15,17,23H,4-5,10-13,16,18H2,(H2,28,33). The van der Waals surface area contributed by atoms with Crippen molar-refractivity contribution >= 4 is 17.0 Å². The van der Waals surface area contributed by atoms with Gasteiger partial charge in [0.1, 0.15) is 0 Å². The van der Waals surface area contributed by atoms with E-state index in [1.54, 1.807) is 10.6 Å². The molecular weight excluding hydrogens is 442 g/mol. The zero-order valence-corrected chi connectivity index (χ0v) is 19.6. The molecule has 180 valence electrons. The fourth-order valence-corrected chi connectivity index (χ4v) is 5.38. The smallest absolute Gasteiger partial charge is 0.408 e. The number of benzene rings is 2. The minimum Gasteiger partial charge on any atom is -0.408 e. The maximum Gasteiger partial charge on any atom is 0.420 e. The number of fused-ring (bicyclic) bond motifs is 1. The summed E-state index contributed by atoms with van der Waals surface area (Å²) in [5.41, 5.74) is 9.28. The van der Waals surface area contributed by atoms with Gasteiger partial charge < -0.3 is 15.1 Å². The summed E-state index contributed by atoms with van der Waals surface area (Å²) in [6, 6.07) is 15.5. The van der Waals surface area contributed by atoms with E-state index in [1.165, 1.54) is 0 Å². The van der Waals surface area contributed by atoms with E-state index in [2.05, 4.69) is 22.1 Å². The third-order valence-electron chi connectivity index (χ3n) is 7.55. The minimum absolute atomic E-state index is 0.259. The zero-order chi connectivity index (χ0) is 24.0. The number of primary amides is 1. The Balaban J connectivity index is 1.42. The number of amides is 1. The Morgan fingerprint density at radius 3 is 2.60 bits per heavy atom. The summed E-state index contributed by atoms with van der Waals surface area (Å²) in [4.78, 5) is 27.7. The van der Waals surface area contributed by atoms with Crippen LogP contribution in [0.5, 0.6) is 0 Å². The second kappa shape index (κ2) is 8.53. The fraction of sp³-hybridized carbons (Fsp3) is 0.370. The van der Waals surface area contributed by atoms with E-state index >= 15 is 0 Å². The highest BCUT2D eigenvalue weighted by atomic mass is 16.4. The molecule has 1 aliphatic heterocycles. The van der Waals surface area contributed by atoms with Crippen LogP contribution in [0.25, 0.3) is 11.1 Å². The zero-order valence-electron chi connectivity index (χ0n) is 19.6. The highest BCUT2D eigenvalue weighted by molar-refractivity contribution is 5.91. The van der Waals surface area contributed by atoms with Crippen LogP contribution in [0.4, 0.5) is 0 Å². The number of carbonyl (C=O) groups is 1. The molecule has 1 aliphatic carbocycles. The van der Waals surface area contributed by atoms with Gasteiger partial charge in [-0.25, -0.2) is 4.79 Å². The van der Waals surface area contributed by atoms with Crippen LogP contribution in [0.2, 0.25) is 0 Å². The predicted octanol–water partition coefficient (Wildman–Crippen LogP) is 3.04. The molecule has 0 radical (unpaired) electrons. The average Bonchev–Trinajstić information content (AvgIpc) is 3.15. The molecule has 8 heteroatoms. The molecule has 1 atom stereocenters. The van der Waals surface area contributed by atoms with Crippen LogP contribution in [0.15, 0.2) is 70.1 Å². The molecule has 1 saturated carbocycles. The van der Waals surface area contributed by atoms with Crippen molar-refractivity contribution in [3.8, 4) is 0 Å². The quantitative estimate of drug-likeness (QED) is 0.426. The van der Waals surface area contributed by atoms with E-state index < -0.39 is 11.2 Å². The van der Waals surface area contributed by atoms with Crippen molar-refractivity contribution in [2.75, 3.05) is 19.6 Å². The van der Waals surface area contributed by atoms with Crippen LogP contribution in [-0.2, 0) is 16.8 Å². The molecule has 1 unspecified atom stereocenters. The summed E-state index contributed by atoms with van der Waals surface area (Å²) in [7, 11) is 0. The largest absolute Gasteiger partial charge is 0.420 e. The number of nitrogens with zero attached hydrogens (tertiary/aromatic N) is 4. The van der Waals surface area contributed by atoms with Crippen molar-refractivity contribution in [3.63, 3.8) is 0 Å². The van der Waals surface area contributed by atoms with E-state index in [4.69, 9.17) is 10.2 Å². The lowest BCUT2D eigenvalue weighted by Crippen LogP contribution is -2.33. The number of likely N-dealkylation sites (tertiary alicyclic amines) is 1. The molecule has 6 rings (SSSR count). The number of aromatic nitrogens is 3. The molecule has 4 aromatic rings. The van der Waals surface area contributed by atoms with Crippen molar-refractivity contribution < 1.29 is 9.21 Å². The minimum atomic E-state index is -0.628. The Kier molecular flexibility index (Phi) is 5.33. The Morgan fingerprint density at radius 1 is 1.11 bits per heavy atom. The first-order valence-electron chi connectivity index (χ1n) is 12.3. The van der Waals surface area contributed by atoms with Gasteiger partial charge in [-0.2, -0.15) is 5.10 Å². The summed E-state index contributed by atoms with van der Waals surface area (Å²) in [6.07, 6.45) is 7.66. The van der Waals surface area contributed by atoms with E-state index in [-0.39, 0.29) is 11.9 Å². The molecule has 8 nitrogen and oxygen atoms in total. The number of nitrogens with two attached hydrogens (primary N) is 1. The SMILES string of the molecule is NC(=O)C1(c2ccc3oc(=O)n(C(CN4CCCC4)c4cnn(Cc5ccccc5)c4)c3c2)CC1. The third-order valence-corrected chi connectivity index (χ3v) is 7.55. The van der Waals surface area contributed by atoms with E-state index in [9.17, 15) is 9.59 Å². The lowest BCUT2D eigenvalue weighted by atomic mass is 9.95. The Morgan fingerprint density at radius 2 is 1.89 bits per heavy atom. The first-order valence-corrected chi connectivity index (χ1v) is 12.3. The lowest BCUT2D eigenvalue weighted by molar-refractivity contribution is -0.120.